The lowest BCUT2D eigenvalue weighted by molar-refractivity contribution is -0.123. The Balaban J connectivity index is 1.60. The highest BCUT2D eigenvalue weighted by Gasteiger charge is 2.31. The summed E-state index contributed by atoms with van der Waals surface area (Å²) in [4.78, 5) is 24.8. The molecular weight excluding hydrogens is 302 g/mol. The van der Waals surface area contributed by atoms with Gasteiger partial charge in [0, 0.05) is 17.6 Å². The minimum absolute atomic E-state index is 0.0120. The molecule has 0 aromatic heterocycles. The van der Waals surface area contributed by atoms with Crippen molar-refractivity contribution >= 4 is 11.8 Å². The SMILES string of the molecule is Cc1ccc(C(=O)NC2CCCCC2NC(=O)C2CCCN2)cc1. The van der Waals surface area contributed by atoms with Crippen molar-refractivity contribution in [2.24, 2.45) is 0 Å². The van der Waals surface area contributed by atoms with Crippen LogP contribution in [-0.2, 0) is 4.79 Å². The average molecular weight is 329 g/mol. The summed E-state index contributed by atoms with van der Waals surface area (Å²) in [5, 5.41) is 9.52. The van der Waals surface area contributed by atoms with Crippen molar-refractivity contribution in [1.29, 1.82) is 0 Å². The van der Waals surface area contributed by atoms with Crippen molar-refractivity contribution in [3.8, 4) is 0 Å². The molecule has 1 aliphatic heterocycles. The molecule has 0 radical (unpaired) electrons. The number of hydrogen-bond acceptors (Lipinski definition) is 3. The number of nitrogens with one attached hydrogen (secondary N) is 3. The Hall–Kier alpha value is -1.88. The number of rotatable bonds is 4. The van der Waals surface area contributed by atoms with E-state index in [-0.39, 0.29) is 29.9 Å². The molecule has 2 amide bonds. The predicted molar refractivity (Wildman–Crippen MR) is 93.9 cm³/mol. The van der Waals surface area contributed by atoms with Gasteiger partial charge in [-0.1, -0.05) is 30.5 Å². The maximum absolute atomic E-state index is 12.5. The van der Waals surface area contributed by atoms with Crippen LogP contribution in [0.1, 0.15) is 54.4 Å². The molecule has 0 bridgehead atoms. The smallest absolute Gasteiger partial charge is 0.251 e. The lowest BCUT2D eigenvalue weighted by atomic mass is 9.89. The third kappa shape index (κ3) is 4.15. The first-order chi connectivity index (χ1) is 11.6. The van der Waals surface area contributed by atoms with Gasteiger partial charge in [0.2, 0.25) is 5.91 Å². The molecular formula is C19H27N3O2. The Morgan fingerprint density at radius 1 is 0.958 bits per heavy atom. The molecule has 3 rings (SSSR count). The Morgan fingerprint density at radius 2 is 1.62 bits per heavy atom. The van der Waals surface area contributed by atoms with E-state index in [1.165, 1.54) is 0 Å². The second-order valence-electron chi connectivity index (χ2n) is 6.99. The van der Waals surface area contributed by atoms with Gasteiger partial charge in [0.1, 0.15) is 0 Å². The van der Waals surface area contributed by atoms with E-state index >= 15 is 0 Å². The van der Waals surface area contributed by atoms with Crippen LogP contribution >= 0.6 is 0 Å². The fourth-order valence-electron chi connectivity index (χ4n) is 3.62. The summed E-state index contributed by atoms with van der Waals surface area (Å²) in [6.07, 6.45) is 5.99. The fourth-order valence-corrected chi connectivity index (χ4v) is 3.62. The van der Waals surface area contributed by atoms with Gasteiger partial charge in [-0.2, -0.15) is 0 Å². The molecule has 130 valence electrons. The molecule has 3 atom stereocenters. The van der Waals surface area contributed by atoms with Crippen LogP contribution in [0, 0.1) is 6.92 Å². The lowest BCUT2D eigenvalue weighted by Gasteiger charge is -2.33. The van der Waals surface area contributed by atoms with Gasteiger partial charge in [0.05, 0.1) is 6.04 Å². The van der Waals surface area contributed by atoms with Crippen molar-refractivity contribution in [2.75, 3.05) is 6.54 Å². The van der Waals surface area contributed by atoms with Gasteiger partial charge in [-0.15, -0.1) is 0 Å². The topological polar surface area (TPSA) is 70.2 Å². The number of aryl methyl sites for hydroxylation is 1. The third-order valence-electron chi connectivity index (χ3n) is 5.10. The molecule has 1 aromatic rings. The van der Waals surface area contributed by atoms with E-state index in [1.54, 1.807) is 0 Å². The van der Waals surface area contributed by atoms with Gasteiger partial charge in [-0.25, -0.2) is 0 Å². The highest BCUT2D eigenvalue weighted by molar-refractivity contribution is 5.94. The van der Waals surface area contributed by atoms with Crippen molar-refractivity contribution in [1.82, 2.24) is 16.0 Å². The van der Waals surface area contributed by atoms with E-state index < -0.39 is 0 Å². The average Bonchev–Trinajstić information content (AvgIpc) is 3.12. The van der Waals surface area contributed by atoms with Gasteiger partial charge in [-0.3, -0.25) is 9.59 Å². The summed E-state index contributed by atoms with van der Waals surface area (Å²) in [6, 6.07) is 7.57. The normalized spacial score (nSPS) is 26.8. The van der Waals surface area contributed by atoms with E-state index in [0.29, 0.717) is 5.56 Å². The van der Waals surface area contributed by atoms with Crippen LogP contribution in [0.5, 0.6) is 0 Å². The molecule has 3 N–H and O–H groups in total. The zero-order chi connectivity index (χ0) is 16.9. The predicted octanol–water partition coefficient (Wildman–Crippen LogP) is 1.90. The minimum atomic E-state index is -0.0691. The fraction of sp³-hybridized carbons (Fsp3) is 0.579. The first-order valence-electron chi connectivity index (χ1n) is 9.05. The molecule has 0 spiro atoms. The van der Waals surface area contributed by atoms with Gasteiger partial charge in [-0.05, 0) is 51.3 Å². The zero-order valence-electron chi connectivity index (χ0n) is 14.3. The Bertz CT molecular complexity index is 579. The standard InChI is InChI=1S/C19H27N3O2/c1-13-8-10-14(11-9-13)18(23)21-15-5-2-3-6-16(15)22-19(24)17-7-4-12-20-17/h8-11,15-17,20H,2-7,12H2,1H3,(H,21,23)(H,22,24). The molecule has 1 saturated carbocycles. The summed E-state index contributed by atoms with van der Waals surface area (Å²) in [5.74, 6) is 0.0223. The van der Waals surface area contributed by atoms with E-state index in [9.17, 15) is 9.59 Å². The molecule has 1 aliphatic carbocycles. The Morgan fingerprint density at radius 3 is 2.25 bits per heavy atom. The number of benzene rings is 1. The first-order valence-corrected chi connectivity index (χ1v) is 9.05. The number of amides is 2. The molecule has 1 aromatic carbocycles. The maximum atomic E-state index is 12.5. The maximum Gasteiger partial charge on any atom is 0.251 e. The largest absolute Gasteiger partial charge is 0.350 e. The van der Waals surface area contributed by atoms with Crippen LogP contribution in [0.15, 0.2) is 24.3 Å². The number of carbonyl (C=O) groups is 2. The van der Waals surface area contributed by atoms with Crippen LogP contribution in [0.2, 0.25) is 0 Å². The van der Waals surface area contributed by atoms with Crippen LogP contribution in [0.25, 0.3) is 0 Å². The lowest BCUT2D eigenvalue weighted by Crippen LogP contribution is -2.55. The number of hydrogen-bond donors (Lipinski definition) is 3. The van der Waals surface area contributed by atoms with Gasteiger partial charge < -0.3 is 16.0 Å². The molecule has 1 heterocycles. The highest BCUT2D eigenvalue weighted by atomic mass is 16.2. The van der Waals surface area contributed by atoms with Gasteiger partial charge in [0.15, 0.2) is 0 Å². The van der Waals surface area contributed by atoms with Crippen LogP contribution in [0.4, 0.5) is 0 Å². The summed E-state index contributed by atoms with van der Waals surface area (Å²) in [5.41, 5.74) is 1.81. The van der Waals surface area contributed by atoms with Crippen LogP contribution in [0.3, 0.4) is 0 Å². The molecule has 2 aliphatic rings. The molecule has 5 nitrogen and oxygen atoms in total. The van der Waals surface area contributed by atoms with E-state index in [2.05, 4.69) is 16.0 Å². The molecule has 5 heteroatoms. The summed E-state index contributed by atoms with van der Waals surface area (Å²) in [6.45, 7) is 2.92. The van der Waals surface area contributed by atoms with Gasteiger partial charge in [0.25, 0.3) is 5.91 Å². The highest BCUT2D eigenvalue weighted by Crippen LogP contribution is 2.20. The summed E-state index contributed by atoms with van der Waals surface area (Å²) < 4.78 is 0. The third-order valence-corrected chi connectivity index (χ3v) is 5.10. The van der Waals surface area contributed by atoms with Crippen molar-refractivity contribution < 1.29 is 9.59 Å². The second kappa shape index (κ2) is 7.79. The Kier molecular flexibility index (Phi) is 5.51. The number of carbonyl (C=O) groups excluding carboxylic acids is 2. The molecule has 24 heavy (non-hydrogen) atoms. The second-order valence-corrected chi connectivity index (χ2v) is 6.99. The van der Waals surface area contributed by atoms with Crippen molar-refractivity contribution in [3.63, 3.8) is 0 Å². The van der Waals surface area contributed by atoms with Gasteiger partial charge >= 0.3 is 0 Å². The minimum Gasteiger partial charge on any atom is -0.350 e. The molecule has 1 saturated heterocycles. The summed E-state index contributed by atoms with van der Waals surface area (Å²) in [7, 11) is 0. The van der Waals surface area contributed by atoms with E-state index in [1.807, 2.05) is 31.2 Å². The van der Waals surface area contributed by atoms with Crippen LogP contribution < -0.4 is 16.0 Å². The Labute approximate surface area is 143 Å². The van der Waals surface area contributed by atoms with E-state index in [4.69, 9.17) is 0 Å². The first kappa shape index (κ1) is 17.0. The van der Waals surface area contributed by atoms with Crippen molar-refractivity contribution in [3.05, 3.63) is 35.4 Å². The van der Waals surface area contributed by atoms with E-state index in [0.717, 1.165) is 50.6 Å². The summed E-state index contributed by atoms with van der Waals surface area (Å²) >= 11 is 0. The molecule has 3 unspecified atom stereocenters. The monoisotopic (exact) mass is 329 g/mol. The quantitative estimate of drug-likeness (QED) is 0.790. The van der Waals surface area contributed by atoms with Crippen LogP contribution in [-0.4, -0.2) is 36.5 Å². The van der Waals surface area contributed by atoms with Crippen molar-refractivity contribution in [2.45, 2.75) is 63.6 Å². The molecule has 2 fully saturated rings. The zero-order valence-corrected chi connectivity index (χ0v) is 14.3.